The van der Waals surface area contributed by atoms with Crippen LogP contribution in [0.15, 0.2) is 27.7 Å². The molecule has 2 rings (SSSR count). The van der Waals surface area contributed by atoms with E-state index in [-0.39, 0.29) is 5.56 Å². The first-order valence-electron chi connectivity index (χ1n) is 3.60. The molecule has 0 aromatic carbocycles. The summed E-state index contributed by atoms with van der Waals surface area (Å²) in [5.41, 5.74) is 6.77. The number of hydrogen-bond acceptors (Lipinski definition) is 3. The van der Waals surface area contributed by atoms with Crippen LogP contribution in [0, 0.1) is 0 Å². The number of hydrogen-bond donors (Lipinski definition) is 2. The summed E-state index contributed by atoms with van der Waals surface area (Å²) in [4.78, 5) is 13.4. The third-order valence-corrected chi connectivity index (χ3v) is 1.78. The van der Waals surface area contributed by atoms with E-state index in [1.807, 2.05) is 0 Å². The molecule has 0 unspecified atom stereocenters. The molecule has 0 saturated carbocycles. The van der Waals surface area contributed by atoms with Gasteiger partial charge in [0.05, 0.1) is 6.26 Å². The maximum absolute atomic E-state index is 10.8. The minimum Gasteiger partial charge on any atom is -0.464 e. The molecule has 3 N–H and O–H groups in total. The van der Waals surface area contributed by atoms with E-state index < -0.39 is 0 Å². The van der Waals surface area contributed by atoms with Gasteiger partial charge in [-0.25, -0.2) is 0 Å². The molecular weight excluding hydrogens is 156 g/mol. The van der Waals surface area contributed by atoms with Crippen molar-refractivity contribution in [1.82, 2.24) is 4.98 Å². The number of fused-ring (bicyclic) bond motifs is 1. The van der Waals surface area contributed by atoms with Crippen LogP contribution in [0.4, 0.5) is 0 Å². The van der Waals surface area contributed by atoms with Gasteiger partial charge in [-0.15, -0.1) is 0 Å². The maximum Gasteiger partial charge on any atom is 0.251 e. The van der Waals surface area contributed by atoms with Crippen molar-refractivity contribution in [2.75, 3.05) is 0 Å². The Kier molecular flexibility index (Phi) is 1.48. The SMILES string of the molecule is NCc1coc2cc(=O)[nH]cc12. The molecule has 0 spiro atoms. The van der Waals surface area contributed by atoms with Gasteiger partial charge in [0.15, 0.2) is 0 Å². The van der Waals surface area contributed by atoms with Crippen molar-refractivity contribution in [3.05, 3.63) is 34.4 Å². The van der Waals surface area contributed by atoms with E-state index in [1.165, 1.54) is 6.07 Å². The highest BCUT2D eigenvalue weighted by Gasteiger charge is 2.03. The zero-order valence-corrected chi connectivity index (χ0v) is 6.33. The van der Waals surface area contributed by atoms with Crippen LogP contribution < -0.4 is 11.3 Å². The van der Waals surface area contributed by atoms with Gasteiger partial charge in [0.25, 0.3) is 5.56 Å². The van der Waals surface area contributed by atoms with Crippen molar-refractivity contribution in [2.45, 2.75) is 6.54 Å². The number of H-pyrrole nitrogens is 1. The first-order valence-corrected chi connectivity index (χ1v) is 3.60. The summed E-state index contributed by atoms with van der Waals surface area (Å²) in [5.74, 6) is 0. The zero-order valence-electron chi connectivity index (χ0n) is 6.33. The molecule has 12 heavy (non-hydrogen) atoms. The minimum absolute atomic E-state index is 0.166. The maximum atomic E-state index is 10.8. The second-order valence-electron chi connectivity index (χ2n) is 2.54. The second-order valence-corrected chi connectivity index (χ2v) is 2.54. The van der Waals surface area contributed by atoms with E-state index in [2.05, 4.69) is 4.98 Å². The van der Waals surface area contributed by atoms with E-state index in [4.69, 9.17) is 10.2 Å². The largest absolute Gasteiger partial charge is 0.464 e. The molecule has 0 amide bonds. The Hall–Kier alpha value is -1.55. The minimum atomic E-state index is -0.166. The Labute approximate surface area is 68.0 Å². The Balaban J connectivity index is 2.81. The lowest BCUT2D eigenvalue weighted by Crippen LogP contribution is -2.01. The number of pyridine rings is 1. The van der Waals surface area contributed by atoms with Crippen molar-refractivity contribution in [3.63, 3.8) is 0 Å². The molecule has 0 radical (unpaired) electrons. The van der Waals surface area contributed by atoms with E-state index in [1.54, 1.807) is 12.5 Å². The molecule has 0 aliphatic carbocycles. The Morgan fingerprint density at radius 2 is 2.42 bits per heavy atom. The highest BCUT2D eigenvalue weighted by atomic mass is 16.3. The van der Waals surface area contributed by atoms with Crippen LogP contribution in [0.2, 0.25) is 0 Å². The third kappa shape index (κ3) is 0.931. The van der Waals surface area contributed by atoms with Crippen LogP contribution in [0.1, 0.15) is 5.56 Å². The summed E-state index contributed by atoms with van der Waals surface area (Å²) in [7, 11) is 0. The van der Waals surface area contributed by atoms with Gasteiger partial charge in [0.1, 0.15) is 5.58 Å². The molecule has 0 saturated heterocycles. The van der Waals surface area contributed by atoms with Crippen molar-refractivity contribution in [1.29, 1.82) is 0 Å². The molecule has 0 fully saturated rings. The fourth-order valence-electron chi connectivity index (χ4n) is 1.16. The predicted octanol–water partition coefficient (Wildman–Crippen LogP) is 0.580. The summed E-state index contributed by atoms with van der Waals surface area (Å²) in [5, 5.41) is 0.872. The van der Waals surface area contributed by atoms with Gasteiger partial charge in [-0.1, -0.05) is 0 Å². The van der Waals surface area contributed by atoms with Crippen molar-refractivity contribution < 1.29 is 4.42 Å². The van der Waals surface area contributed by atoms with Crippen LogP contribution in [-0.2, 0) is 6.54 Å². The number of nitrogens with one attached hydrogen (secondary N) is 1. The van der Waals surface area contributed by atoms with Crippen molar-refractivity contribution in [3.8, 4) is 0 Å². The molecular formula is C8H8N2O2. The molecule has 4 heteroatoms. The normalized spacial score (nSPS) is 10.8. The van der Waals surface area contributed by atoms with E-state index in [0.717, 1.165) is 10.9 Å². The van der Waals surface area contributed by atoms with Crippen LogP contribution in [0.5, 0.6) is 0 Å². The molecule has 4 nitrogen and oxygen atoms in total. The van der Waals surface area contributed by atoms with Gasteiger partial charge in [0.2, 0.25) is 0 Å². The fourth-order valence-corrected chi connectivity index (χ4v) is 1.16. The number of aromatic nitrogens is 1. The zero-order chi connectivity index (χ0) is 8.55. The van der Waals surface area contributed by atoms with Gasteiger partial charge in [-0.05, 0) is 0 Å². The molecule has 2 aromatic heterocycles. The highest BCUT2D eigenvalue weighted by Crippen LogP contribution is 2.17. The van der Waals surface area contributed by atoms with Crippen LogP contribution in [-0.4, -0.2) is 4.98 Å². The third-order valence-electron chi connectivity index (χ3n) is 1.78. The van der Waals surface area contributed by atoms with E-state index in [9.17, 15) is 4.79 Å². The first-order chi connectivity index (χ1) is 5.81. The molecule has 2 aromatic rings. The lowest BCUT2D eigenvalue weighted by atomic mass is 10.2. The first kappa shape index (κ1) is 7.12. The molecule has 62 valence electrons. The van der Waals surface area contributed by atoms with E-state index in [0.29, 0.717) is 12.1 Å². The fraction of sp³-hybridized carbons (Fsp3) is 0.125. The standard InChI is InChI=1S/C8H8N2O2/c9-2-5-4-12-7-1-8(11)10-3-6(5)7/h1,3-4H,2,9H2,(H,10,11). The summed E-state index contributed by atoms with van der Waals surface area (Å²) >= 11 is 0. The summed E-state index contributed by atoms with van der Waals surface area (Å²) < 4.78 is 5.12. The average molecular weight is 164 g/mol. The number of furan rings is 1. The molecule has 0 bridgehead atoms. The number of aromatic amines is 1. The smallest absolute Gasteiger partial charge is 0.251 e. The number of nitrogens with two attached hydrogens (primary N) is 1. The van der Waals surface area contributed by atoms with Crippen molar-refractivity contribution in [2.24, 2.45) is 5.73 Å². The van der Waals surface area contributed by atoms with Gasteiger partial charge in [0, 0.05) is 29.8 Å². The summed E-state index contributed by atoms with van der Waals surface area (Å²) in [6.45, 7) is 0.416. The van der Waals surface area contributed by atoms with Gasteiger partial charge < -0.3 is 15.1 Å². The lowest BCUT2D eigenvalue weighted by molar-refractivity contribution is 0.610. The van der Waals surface area contributed by atoms with Gasteiger partial charge >= 0.3 is 0 Å². The van der Waals surface area contributed by atoms with E-state index >= 15 is 0 Å². The number of rotatable bonds is 1. The predicted molar refractivity (Wildman–Crippen MR) is 44.7 cm³/mol. The molecule has 0 aliphatic rings. The van der Waals surface area contributed by atoms with Crippen LogP contribution >= 0.6 is 0 Å². The Morgan fingerprint density at radius 1 is 1.58 bits per heavy atom. The molecule has 0 atom stereocenters. The van der Waals surface area contributed by atoms with Crippen LogP contribution in [0.3, 0.4) is 0 Å². The summed E-state index contributed by atoms with van der Waals surface area (Å²) in [6.07, 6.45) is 3.18. The quantitative estimate of drug-likeness (QED) is 0.647. The second kappa shape index (κ2) is 2.49. The van der Waals surface area contributed by atoms with Gasteiger partial charge in [-0.2, -0.15) is 0 Å². The average Bonchev–Trinajstić information content (AvgIpc) is 2.46. The van der Waals surface area contributed by atoms with Crippen molar-refractivity contribution >= 4 is 11.0 Å². The molecule has 0 aliphatic heterocycles. The monoisotopic (exact) mass is 164 g/mol. The topological polar surface area (TPSA) is 72.0 Å². The summed E-state index contributed by atoms with van der Waals surface area (Å²) in [6, 6.07) is 1.41. The molecule has 2 heterocycles. The Bertz CT molecular complexity index is 455. The van der Waals surface area contributed by atoms with Crippen LogP contribution in [0.25, 0.3) is 11.0 Å². The highest BCUT2D eigenvalue weighted by molar-refractivity contribution is 5.79. The lowest BCUT2D eigenvalue weighted by Gasteiger charge is -1.89. The van der Waals surface area contributed by atoms with Gasteiger partial charge in [-0.3, -0.25) is 4.79 Å². The Morgan fingerprint density at radius 3 is 3.17 bits per heavy atom.